The van der Waals surface area contributed by atoms with E-state index in [-0.39, 0.29) is 6.54 Å². The molecule has 96 valence electrons. The minimum atomic E-state index is -0.642. The molecule has 6 heteroatoms. The maximum atomic E-state index is 11.9. The Kier molecular flexibility index (Phi) is 4.05. The molecule has 0 aliphatic rings. The van der Waals surface area contributed by atoms with Crippen molar-refractivity contribution in [1.29, 1.82) is 0 Å². The van der Waals surface area contributed by atoms with Crippen LogP contribution in [0.1, 0.15) is 9.67 Å². The fourth-order valence-corrected chi connectivity index (χ4v) is 2.91. The Labute approximate surface area is 118 Å². The lowest BCUT2D eigenvalue weighted by Crippen LogP contribution is -2.39. The van der Waals surface area contributed by atoms with Gasteiger partial charge in [0.25, 0.3) is 5.91 Å². The largest absolute Gasteiger partial charge is 0.327 e. The van der Waals surface area contributed by atoms with Crippen molar-refractivity contribution in [3.05, 3.63) is 34.2 Å². The number of fused-ring (bicyclic) bond motifs is 1. The van der Waals surface area contributed by atoms with Crippen LogP contribution < -0.4 is 10.6 Å². The highest BCUT2D eigenvalue weighted by molar-refractivity contribution is 7.21. The fourth-order valence-electron chi connectivity index (χ4n) is 1.50. The van der Waals surface area contributed by atoms with Crippen molar-refractivity contribution in [3.8, 4) is 12.3 Å². The number of thiophene rings is 1. The molecule has 19 heavy (non-hydrogen) atoms. The van der Waals surface area contributed by atoms with Crippen molar-refractivity contribution < 1.29 is 9.59 Å². The molecule has 0 aliphatic heterocycles. The van der Waals surface area contributed by atoms with Crippen molar-refractivity contribution in [3.63, 3.8) is 0 Å². The van der Waals surface area contributed by atoms with Gasteiger partial charge >= 0.3 is 6.03 Å². The van der Waals surface area contributed by atoms with Gasteiger partial charge < -0.3 is 5.32 Å². The van der Waals surface area contributed by atoms with Crippen molar-refractivity contribution in [1.82, 2.24) is 10.6 Å². The number of benzene rings is 1. The number of nitrogens with one attached hydrogen (secondary N) is 2. The molecule has 0 unspecified atom stereocenters. The Morgan fingerprint density at radius 1 is 1.37 bits per heavy atom. The number of terminal acetylenes is 1. The van der Waals surface area contributed by atoms with Gasteiger partial charge in [0.15, 0.2) is 0 Å². The number of rotatable bonds is 2. The van der Waals surface area contributed by atoms with Crippen molar-refractivity contribution in [2.24, 2.45) is 0 Å². The molecule has 0 saturated heterocycles. The maximum absolute atomic E-state index is 11.9. The van der Waals surface area contributed by atoms with Gasteiger partial charge in [-0.3, -0.25) is 10.1 Å². The van der Waals surface area contributed by atoms with E-state index in [1.54, 1.807) is 0 Å². The van der Waals surface area contributed by atoms with Crippen LogP contribution in [0.25, 0.3) is 10.1 Å². The number of hydrogen-bond acceptors (Lipinski definition) is 3. The van der Waals surface area contributed by atoms with Crippen LogP contribution >= 0.6 is 22.9 Å². The van der Waals surface area contributed by atoms with E-state index in [9.17, 15) is 9.59 Å². The first-order valence-electron chi connectivity index (χ1n) is 5.33. The Morgan fingerprint density at radius 2 is 2.11 bits per heavy atom. The first kappa shape index (κ1) is 13.4. The fraction of sp³-hybridized carbons (Fsp3) is 0.0769. The monoisotopic (exact) mass is 292 g/mol. The molecule has 1 heterocycles. The van der Waals surface area contributed by atoms with Gasteiger partial charge in [-0.05, 0) is 6.07 Å². The van der Waals surface area contributed by atoms with Crippen LogP contribution in [0.5, 0.6) is 0 Å². The summed E-state index contributed by atoms with van der Waals surface area (Å²) in [6, 6.07) is 6.74. The van der Waals surface area contributed by atoms with Crippen LogP contribution in [0.2, 0.25) is 5.02 Å². The van der Waals surface area contributed by atoms with E-state index in [0.717, 1.165) is 10.1 Å². The molecule has 2 N–H and O–H groups in total. The van der Waals surface area contributed by atoms with E-state index in [4.69, 9.17) is 18.0 Å². The van der Waals surface area contributed by atoms with Crippen molar-refractivity contribution in [2.45, 2.75) is 0 Å². The van der Waals surface area contributed by atoms with E-state index in [1.807, 2.05) is 24.3 Å². The number of carbonyl (C=O) groups is 2. The Morgan fingerprint density at radius 3 is 2.79 bits per heavy atom. The lowest BCUT2D eigenvalue weighted by Gasteiger charge is -2.02. The third-order valence-electron chi connectivity index (χ3n) is 2.32. The quantitative estimate of drug-likeness (QED) is 0.836. The molecule has 1 aromatic carbocycles. The van der Waals surface area contributed by atoms with Crippen LogP contribution in [0.3, 0.4) is 0 Å². The lowest BCUT2D eigenvalue weighted by molar-refractivity contribution is 0.0968. The zero-order valence-corrected chi connectivity index (χ0v) is 11.3. The number of halogens is 1. The summed E-state index contributed by atoms with van der Waals surface area (Å²) >= 11 is 7.36. The van der Waals surface area contributed by atoms with Gasteiger partial charge in [-0.1, -0.05) is 35.7 Å². The molecule has 2 rings (SSSR count). The van der Waals surface area contributed by atoms with Gasteiger partial charge in [0.1, 0.15) is 4.88 Å². The summed E-state index contributed by atoms with van der Waals surface area (Å²) in [5.41, 5.74) is 0. The number of carbonyl (C=O) groups excluding carboxylic acids is 2. The molecule has 0 bridgehead atoms. The van der Waals surface area contributed by atoms with Crippen LogP contribution in [0.4, 0.5) is 4.79 Å². The molecule has 0 fully saturated rings. The highest BCUT2D eigenvalue weighted by Gasteiger charge is 2.18. The minimum absolute atomic E-state index is 0.0548. The SMILES string of the molecule is C#CCNC(=O)NC(=O)c1sc2ccccc2c1Cl. The maximum Gasteiger partial charge on any atom is 0.322 e. The Bertz CT molecular complexity index is 687. The normalized spacial score (nSPS) is 9.89. The lowest BCUT2D eigenvalue weighted by atomic mass is 10.2. The third-order valence-corrected chi connectivity index (χ3v) is 3.99. The smallest absolute Gasteiger partial charge is 0.322 e. The van der Waals surface area contributed by atoms with E-state index in [2.05, 4.69) is 16.6 Å². The Hall–Kier alpha value is -2.03. The van der Waals surface area contributed by atoms with Crippen LogP contribution in [0, 0.1) is 12.3 Å². The molecular weight excluding hydrogens is 284 g/mol. The number of hydrogen-bond donors (Lipinski definition) is 2. The molecule has 0 atom stereocenters. The second-order valence-corrected chi connectivity index (χ2v) is 5.01. The summed E-state index contributed by atoms with van der Waals surface area (Å²) in [5, 5.41) is 5.66. The highest BCUT2D eigenvalue weighted by Crippen LogP contribution is 2.34. The summed E-state index contributed by atoms with van der Waals surface area (Å²) in [7, 11) is 0. The molecule has 0 radical (unpaired) electrons. The third kappa shape index (κ3) is 2.87. The van der Waals surface area contributed by atoms with Crippen LogP contribution in [-0.4, -0.2) is 18.5 Å². The standard InChI is InChI=1S/C13H9ClN2O2S/c1-2-7-15-13(18)16-12(17)11-10(14)8-5-3-4-6-9(8)19-11/h1,3-6H,7H2,(H2,15,16,17,18). The first-order valence-corrected chi connectivity index (χ1v) is 6.52. The molecule has 4 nitrogen and oxygen atoms in total. The van der Waals surface area contributed by atoms with Gasteiger partial charge in [-0.2, -0.15) is 0 Å². The second-order valence-electron chi connectivity index (χ2n) is 3.58. The molecule has 1 aromatic heterocycles. The average Bonchev–Trinajstić information content (AvgIpc) is 2.74. The van der Waals surface area contributed by atoms with Crippen molar-refractivity contribution in [2.75, 3.05) is 6.54 Å². The molecule has 3 amide bonds. The zero-order chi connectivity index (χ0) is 13.8. The number of amides is 3. The first-order chi connectivity index (χ1) is 9.13. The second kappa shape index (κ2) is 5.74. The van der Waals surface area contributed by atoms with Crippen LogP contribution in [-0.2, 0) is 0 Å². The summed E-state index contributed by atoms with van der Waals surface area (Å²) in [4.78, 5) is 23.6. The van der Waals surface area contributed by atoms with Gasteiger partial charge in [0, 0.05) is 10.1 Å². The summed E-state index contributed by atoms with van der Waals surface area (Å²) in [6.07, 6.45) is 5.00. The summed E-state index contributed by atoms with van der Waals surface area (Å²) in [6.45, 7) is 0.0548. The highest BCUT2D eigenvalue weighted by atomic mass is 35.5. The van der Waals surface area contributed by atoms with Gasteiger partial charge in [0.05, 0.1) is 11.6 Å². The summed E-state index contributed by atoms with van der Waals surface area (Å²) < 4.78 is 0.890. The molecule has 2 aromatic rings. The van der Waals surface area contributed by atoms with Crippen molar-refractivity contribution >= 4 is 45.0 Å². The topological polar surface area (TPSA) is 58.2 Å². The predicted octanol–water partition coefficient (Wildman–Crippen LogP) is 2.63. The van der Waals surface area contributed by atoms with Crippen LogP contribution in [0.15, 0.2) is 24.3 Å². The van der Waals surface area contributed by atoms with Gasteiger partial charge in [-0.25, -0.2) is 4.79 Å². The molecule has 0 saturated carbocycles. The summed E-state index contributed by atoms with van der Waals surface area (Å²) in [5.74, 6) is 1.70. The van der Waals surface area contributed by atoms with Gasteiger partial charge in [0.2, 0.25) is 0 Å². The number of imide groups is 1. The minimum Gasteiger partial charge on any atom is -0.327 e. The molecular formula is C13H9ClN2O2S. The predicted molar refractivity (Wildman–Crippen MR) is 76.5 cm³/mol. The zero-order valence-electron chi connectivity index (χ0n) is 9.70. The van der Waals surface area contributed by atoms with E-state index >= 15 is 0 Å². The Balaban J connectivity index is 2.20. The average molecular weight is 293 g/mol. The molecule has 0 aliphatic carbocycles. The number of urea groups is 1. The molecule has 0 spiro atoms. The van der Waals surface area contributed by atoms with Gasteiger partial charge in [-0.15, -0.1) is 17.8 Å². The van der Waals surface area contributed by atoms with E-state index < -0.39 is 11.9 Å². The van der Waals surface area contributed by atoms with E-state index in [1.165, 1.54) is 11.3 Å². The van der Waals surface area contributed by atoms with E-state index in [0.29, 0.717) is 9.90 Å².